The number of benzene rings is 1. The summed E-state index contributed by atoms with van der Waals surface area (Å²) in [6.45, 7) is 1.11. The summed E-state index contributed by atoms with van der Waals surface area (Å²) >= 11 is 0. The van der Waals surface area contributed by atoms with Crippen molar-refractivity contribution < 1.29 is 33.3 Å². The quantitative estimate of drug-likeness (QED) is 0.735. The molecule has 1 saturated heterocycles. The minimum Gasteiger partial charge on any atom is -0.493 e. The number of esters is 1. The lowest BCUT2D eigenvalue weighted by molar-refractivity contribution is -0.137. The maximum atomic E-state index is 12.3. The minimum atomic E-state index is -0.679. The molecule has 146 valence electrons. The number of nitrogens with two attached hydrogens (primary N) is 1. The van der Waals surface area contributed by atoms with Crippen LogP contribution in [0.3, 0.4) is 0 Å². The number of carbonyl (C=O) groups is 3. The summed E-state index contributed by atoms with van der Waals surface area (Å²) in [5.74, 6) is -0.651. The van der Waals surface area contributed by atoms with Gasteiger partial charge in [0.05, 0.1) is 18.6 Å². The van der Waals surface area contributed by atoms with Crippen LogP contribution in [0.25, 0.3) is 0 Å². The molecule has 2 aliphatic rings. The molecular weight excluding hydrogens is 356 g/mol. The van der Waals surface area contributed by atoms with Gasteiger partial charge < -0.3 is 29.6 Å². The number of carbonyl (C=O) groups excluding carboxylic acids is 3. The Morgan fingerprint density at radius 2 is 2.04 bits per heavy atom. The van der Waals surface area contributed by atoms with E-state index in [1.807, 2.05) is 0 Å². The Hall–Kier alpha value is -2.97. The first kappa shape index (κ1) is 18.8. The Morgan fingerprint density at radius 1 is 1.26 bits per heavy atom. The predicted molar refractivity (Wildman–Crippen MR) is 92.8 cm³/mol. The molecular formula is C18H22N2O7. The molecule has 9 nitrogen and oxygen atoms in total. The Morgan fingerprint density at radius 3 is 2.78 bits per heavy atom. The lowest BCUT2D eigenvalue weighted by Gasteiger charge is -2.31. The molecule has 2 heterocycles. The zero-order valence-electron chi connectivity index (χ0n) is 15.1. The number of rotatable bonds is 5. The number of nitrogens with zero attached hydrogens (tertiary/aromatic N) is 1. The predicted octanol–water partition coefficient (Wildman–Crippen LogP) is 0.347. The highest BCUT2D eigenvalue weighted by molar-refractivity contribution is 5.93. The molecule has 1 aromatic carbocycles. The lowest BCUT2D eigenvalue weighted by Crippen LogP contribution is -2.45. The van der Waals surface area contributed by atoms with Crippen LogP contribution in [0.15, 0.2) is 12.1 Å². The van der Waals surface area contributed by atoms with Gasteiger partial charge in [0.1, 0.15) is 13.2 Å². The Kier molecular flexibility index (Phi) is 5.68. The van der Waals surface area contributed by atoms with Gasteiger partial charge in [-0.15, -0.1) is 0 Å². The second kappa shape index (κ2) is 8.15. The first-order valence-electron chi connectivity index (χ1n) is 8.71. The summed E-state index contributed by atoms with van der Waals surface area (Å²) in [7, 11) is 1.46. The molecule has 0 spiro atoms. The van der Waals surface area contributed by atoms with Gasteiger partial charge in [-0.3, -0.25) is 9.59 Å². The first-order valence-corrected chi connectivity index (χ1v) is 8.71. The fourth-order valence-corrected chi connectivity index (χ4v) is 3.13. The SMILES string of the molecule is COc1cc(C(=O)OCC(=O)N2CCC[C@H](C(N)=O)C2)cc2c1OCCO2. The molecule has 0 unspecified atom stereocenters. The average molecular weight is 378 g/mol. The molecule has 0 aromatic heterocycles. The monoisotopic (exact) mass is 378 g/mol. The van der Waals surface area contributed by atoms with E-state index in [0.717, 1.165) is 0 Å². The van der Waals surface area contributed by atoms with Crippen molar-refractivity contribution in [2.24, 2.45) is 11.7 Å². The molecule has 1 aromatic rings. The van der Waals surface area contributed by atoms with Gasteiger partial charge in [0.2, 0.25) is 11.7 Å². The van der Waals surface area contributed by atoms with Gasteiger partial charge in [-0.05, 0) is 25.0 Å². The molecule has 2 N–H and O–H groups in total. The highest BCUT2D eigenvalue weighted by atomic mass is 16.6. The Balaban J connectivity index is 1.62. The number of hydrogen-bond acceptors (Lipinski definition) is 7. The fourth-order valence-electron chi connectivity index (χ4n) is 3.13. The van der Waals surface area contributed by atoms with E-state index in [0.29, 0.717) is 49.8 Å². The highest BCUT2D eigenvalue weighted by Gasteiger charge is 2.28. The number of hydrogen-bond donors (Lipinski definition) is 1. The summed E-state index contributed by atoms with van der Waals surface area (Å²) < 4.78 is 21.3. The molecule has 9 heteroatoms. The third-order valence-corrected chi connectivity index (χ3v) is 4.57. The topological polar surface area (TPSA) is 117 Å². The molecule has 0 saturated carbocycles. The number of ether oxygens (including phenoxy) is 4. The highest BCUT2D eigenvalue weighted by Crippen LogP contribution is 2.40. The molecule has 1 fully saturated rings. The third-order valence-electron chi connectivity index (χ3n) is 4.57. The Bertz CT molecular complexity index is 732. The van der Waals surface area contributed by atoms with Gasteiger partial charge >= 0.3 is 5.97 Å². The number of methoxy groups -OCH3 is 1. The van der Waals surface area contributed by atoms with Crippen LogP contribution in [-0.4, -0.2) is 62.7 Å². The van der Waals surface area contributed by atoms with E-state index in [1.54, 1.807) is 0 Å². The lowest BCUT2D eigenvalue weighted by atomic mass is 9.97. The minimum absolute atomic E-state index is 0.192. The first-order chi connectivity index (χ1) is 13.0. The molecule has 0 radical (unpaired) electrons. The number of primary amides is 1. The molecule has 0 aliphatic carbocycles. The van der Waals surface area contributed by atoms with Crippen LogP contribution in [0.4, 0.5) is 0 Å². The number of likely N-dealkylation sites (tertiary alicyclic amines) is 1. The van der Waals surface area contributed by atoms with Gasteiger partial charge in [-0.25, -0.2) is 4.79 Å². The van der Waals surface area contributed by atoms with Gasteiger partial charge in [-0.1, -0.05) is 0 Å². The third kappa shape index (κ3) is 4.24. The zero-order chi connectivity index (χ0) is 19.4. The summed E-state index contributed by atoms with van der Waals surface area (Å²) in [5, 5.41) is 0. The van der Waals surface area contributed by atoms with Gasteiger partial charge in [0, 0.05) is 13.1 Å². The van der Waals surface area contributed by atoms with Crippen molar-refractivity contribution in [2.45, 2.75) is 12.8 Å². The molecule has 1 atom stereocenters. The van der Waals surface area contributed by atoms with Crippen LogP contribution < -0.4 is 19.9 Å². The summed E-state index contributed by atoms with van der Waals surface area (Å²) in [6, 6.07) is 2.97. The van der Waals surface area contributed by atoms with Crippen LogP contribution in [0.2, 0.25) is 0 Å². The van der Waals surface area contributed by atoms with Gasteiger partial charge in [-0.2, -0.15) is 0 Å². The zero-order valence-corrected chi connectivity index (χ0v) is 15.1. The number of fused-ring (bicyclic) bond motifs is 1. The van der Waals surface area contributed by atoms with Crippen LogP contribution in [0.5, 0.6) is 17.2 Å². The molecule has 2 aliphatic heterocycles. The average Bonchev–Trinajstić information content (AvgIpc) is 2.70. The van der Waals surface area contributed by atoms with E-state index >= 15 is 0 Å². The van der Waals surface area contributed by atoms with Gasteiger partial charge in [0.15, 0.2) is 18.1 Å². The Labute approximate surface area is 156 Å². The summed E-state index contributed by atoms with van der Waals surface area (Å²) in [6.07, 6.45) is 1.35. The smallest absolute Gasteiger partial charge is 0.338 e. The molecule has 3 rings (SSSR count). The van der Waals surface area contributed by atoms with Crippen LogP contribution in [-0.2, 0) is 14.3 Å². The van der Waals surface area contributed by atoms with Crippen molar-refractivity contribution in [3.05, 3.63) is 17.7 Å². The van der Waals surface area contributed by atoms with E-state index in [9.17, 15) is 14.4 Å². The van der Waals surface area contributed by atoms with Crippen molar-refractivity contribution in [1.82, 2.24) is 4.90 Å². The number of amides is 2. The maximum Gasteiger partial charge on any atom is 0.338 e. The van der Waals surface area contributed by atoms with Crippen molar-refractivity contribution in [1.29, 1.82) is 0 Å². The molecule has 0 bridgehead atoms. The van der Waals surface area contributed by atoms with Crippen molar-refractivity contribution in [2.75, 3.05) is 40.0 Å². The summed E-state index contributed by atoms with van der Waals surface area (Å²) in [4.78, 5) is 37.4. The second-order valence-electron chi connectivity index (χ2n) is 6.36. The van der Waals surface area contributed by atoms with E-state index < -0.39 is 18.5 Å². The normalized spacial score (nSPS) is 18.6. The molecule has 27 heavy (non-hydrogen) atoms. The van der Waals surface area contributed by atoms with E-state index in [2.05, 4.69) is 0 Å². The maximum absolute atomic E-state index is 12.3. The second-order valence-corrected chi connectivity index (χ2v) is 6.36. The van der Waals surface area contributed by atoms with E-state index in [1.165, 1.54) is 24.1 Å². The largest absolute Gasteiger partial charge is 0.493 e. The van der Waals surface area contributed by atoms with Crippen molar-refractivity contribution in [3.8, 4) is 17.2 Å². The standard InChI is InChI=1S/C18H22N2O7/c1-24-13-7-12(8-14-16(13)26-6-5-25-14)18(23)27-10-15(21)20-4-2-3-11(9-20)17(19)22/h7-8,11H,2-6,9-10H2,1H3,(H2,19,22)/t11-/m0/s1. The van der Waals surface area contributed by atoms with Crippen LogP contribution in [0.1, 0.15) is 23.2 Å². The van der Waals surface area contributed by atoms with Crippen LogP contribution >= 0.6 is 0 Å². The van der Waals surface area contributed by atoms with Gasteiger partial charge in [0.25, 0.3) is 5.91 Å². The van der Waals surface area contributed by atoms with E-state index in [-0.39, 0.29) is 23.9 Å². The number of piperidine rings is 1. The van der Waals surface area contributed by atoms with Crippen molar-refractivity contribution >= 4 is 17.8 Å². The van der Waals surface area contributed by atoms with Crippen LogP contribution in [0, 0.1) is 5.92 Å². The summed E-state index contributed by atoms with van der Waals surface area (Å²) in [5.41, 5.74) is 5.51. The molecule has 2 amide bonds. The van der Waals surface area contributed by atoms with Crippen molar-refractivity contribution in [3.63, 3.8) is 0 Å². The fraction of sp³-hybridized carbons (Fsp3) is 0.500. The van der Waals surface area contributed by atoms with E-state index in [4.69, 9.17) is 24.7 Å².